The summed E-state index contributed by atoms with van der Waals surface area (Å²) >= 11 is 0. The second-order valence-electron chi connectivity index (χ2n) is 7.58. The lowest BCUT2D eigenvalue weighted by Crippen LogP contribution is -2.29. The van der Waals surface area contributed by atoms with E-state index in [2.05, 4.69) is 25.7 Å². The molecule has 1 amide bonds. The predicted octanol–water partition coefficient (Wildman–Crippen LogP) is 3.47. The topological polar surface area (TPSA) is 98.2 Å². The quantitative estimate of drug-likeness (QED) is 0.508. The van der Waals surface area contributed by atoms with E-state index in [1.165, 1.54) is 0 Å². The fourth-order valence-electron chi connectivity index (χ4n) is 3.60. The molecule has 0 unspecified atom stereocenters. The van der Waals surface area contributed by atoms with Crippen molar-refractivity contribution in [3.8, 4) is 11.5 Å². The third kappa shape index (κ3) is 3.56. The van der Waals surface area contributed by atoms with Gasteiger partial charge in [-0.05, 0) is 37.0 Å². The Morgan fingerprint density at radius 2 is 2.07 bits per heavy atom. The van der Waals surface area contributed by atoms with E-state index in [9.17, 15) is 4.79 Å². The van der Waals surface area contributed by atoms with Crippen LogP contribution in [0.15, 0.2) is 53.2 Å². The Morgan fingerprint density at radius 1 is 1.23 bits per heavy atom. The summed E-state index contributed by atoms with van der Waals surface area (Å²) in [6, 6.07) is 13.6. The lowest BCUT2D eigenvalue weighted by Gasteiger charge is -2.15. The number of nitrogens with zero attached hydrogens (tertiary/aromatic N) is 5. The molecule has 4 aromatic rings. The molecule has 1 saturated carbocycles. The number of hydrogen-bond acceptors (Lipinski definition) is 6. The molecule has 152 valence electrons. The van der Waals surface area contributed by atoms with Gasteiger partial charge in [0.05, 0.1) is 12.5 Å². The van der Waals surface area contributed by atoms with Crippen LogP contribution in [0, 0.1) is 0 Å². The number of amides is 1. The molecular weight excluding hydrogens is 380 g/mol. The van der Waals surface area contributed by atoms with Gasteiger partial charge >= 0.3 is 0 Å². The first-order chi connectivity index (χ1) is 14.7. The molecule has 3 aromatic heterocycles. The summed E-state index contributed by atoms with van der Waals surface area (Å²) in [4.78, 5) is 17.2. The van der Waals surface area contributed by atoms with Gasteiger partial charge in [0.25, 0.3) is 5.89 Å². The van der Waals surface area contributed by atoms with Gasteiger partial charge in [0.15, 0.2) is 17.3 Å². The molecule has 1 fully saturated rings. The number of fused-ring (bicyclic) bond motifs is 1. The van der Waals surface area contributed by atoms with Crippen LogP contribution in [0.2, 0.25) is 0 Å². The highest BCUT2D eigenvalue weighted by Gasteiger charge is 2.29. The normalized spacial score (nSPS) is 14.7. The lowest BCUT2D eigenvalue weighted by atomic mass is 9.96. The zero-order valence-corrected chi connectivity index (χ0v) is 16.7. The number of aromatic nitrogens is 5. The number of rotatable bonds is 7. The van der Waals surface area contributed by atoms with Crippen molar-refractivity contribution < 1.29 is 9.32 Å². The molecule has 1 N–H and O–H groups in total. The highest BCUT2D eigenvalue weighted by atomic mass is 16.5. The third-order valence-corrected chi connectivity index (χ3v) is 5.46. The maximum Gasteiger partial charge on any atom is 0.258 e. The molecule has 1 aliphatic rings. The Labute approximate surface area is 173 Å². The fraction of sp³-hybridized carbons (Fsp3) is 0.318. The third-order valence-electron chi connectivity index (χ3n) is 5.46. The van der Waals surface area contributed by atoms with Crippen molar-refractivity contribution >= 4 is 11.6 Å². The smallest absolute Gasteiger partial charge is 0.258 e. The zero-order valence-electron chi connectivity index (χ0n) is 16.7. The van der Waals surface area contributed by atoms with Crippen molar-refractivity contribution in [3.05, 3.63) is 65.9 Å². The highest BCUT2D eigenvalue weighted by molar-refractivity contribution is 5.83. The molecule has 3 heterocycles. The van der Waals surface area contributed by atoms with Gasteiger partial charge in [-0.1, -0.05) is 42.4 Å². The minimum absolute atomic E-state index is 0.0180. The van der Waals surface area contributed by atoms with E-state index < -0.39 is 0 Å². The molecule has 5 rings (SSSR count). The van der Waals surface area contributed by atoms with Crippen LogP contribution in [0.25, 0.3) is 17.1 Å². The number of carbonyl (C=O) groups is 1. The molecule has 0 aliphatic heterocycles. The largest absolute Gasteiger partial charge is 0.348 e. The summed E-state index contributed by atoms with van der Waals surface area (Å²) in [5, 5.41) is 15.5. The van der Waals surface area contributed by atoms with Gasteiger partial charge in [0, 0.05) is 17.7 Å². The maximum absolute atomic E-state index is 12.7. The average molecular weight is 402 g/mol. The van der Waals surface area contributed by atoms with E-state index in [1.54, 1.807) is 0 Å². The Hall–Kier alpha value is -3.55. The summed E-state index contributed by atoms with van der Waals surface area (Å²) in [6.45, 7) is 2.31. The molecule has 1 aromatic carbocycles. The van der Waals surface area contributed by atoms with Crippen molar-refractivity contribution in [2.75, 3.05) is 0 Å². The van der Waals surface area contributed by atoms with Crippen LogP contribution >= 0.6 is 0 Å². The first-order valence-corrected chi connectivity index (χ1v) is 10.2. The number of benzene rings is 1. The molecule has 0 bridgehead atoms. The summed E-state index contributed by atoms with van der Waals surface area (Å²) in [7, 11) is 0. The van der Waals surface area contributed by atoms with Crippen LogP contribution in [0.4, 0.5) is 0 Å². The SMILES string of the molecule is CC[C@@H](C(=O)NCc1nnc2cc(-c3nc(C4CC4)no3)ccn12)c1ccccc1. The van der Waals surface area contributed by atoms with Crippen molar-refractivity contribution in [2.45, 2.75) is 44.6 Å². The Balaban J connectivity index is 1.30. The first kappa shape index (κ1) is 18.5. The number of carbonyl (C=O) groups excluding carboxylic acids is 1. The zero-order chi connectivity index (χ0) is 20.5. The molecule has 8 nitrogen and oxygen atoms in total. The van der Waals surface area contributed by atoms with Crippen molar-refractivity contribution in [1.29, 1.82) is 0 Å². The Morgan fingerprint density at radius 3 is 2.83 bits per heavy atom. The summed E-state index contributed by atoms with van der Waals surface area (Å²) in [5.74, 6) is 2.17. The number of nitrogens with one attached hydrogen (secondary N) is 1. The summed E-state index contributed by atoms with van der Waals surface area (Å²) < 4.78 is 7.24. The van der Waals surface area contributed by atoms with Crippen LogP contribution < -0.4 is 5.32 Å². The van der Waals surface area contributed by atoms with Crippen molar-refractivity contribution in [2.24, 2.45) is 0 Å². The second kappa shape index (κ2) is 7.70. The first-order valence-electron chi connectivity index (χ1n) is 10.2. The fourth-order valence-corrected chi connectivity index (χ4v) is 3.60. The van der Waals surface area contributed by atoms with E-state index in [-0.39, 0.29) is 11.8 Å². The van der Waals surface area contributed by atoms with Gasteiger partial charge in [0.1, 0.15) is 0 Å². The molecular formula is C22H22N6O2. The summed E-state index contributed by atoms with van der Waals surface area (Å²) in [6.07, 6.45) is 4.84. The van der Waals surface area contributed by atoms with Gasteiger partial charge in [-0.3, -0.25) is 9.20 Å². The van der Waals surface area contributed by atoms with Crippen LogP contribution in [0.1, 0.15) is 55.2 Å². The van der Waals surface area contributed by atoms with Crippen LogP contribution in [-0.2, 0) is 11.3 Å². The predicted molar refractivity (Wildman–Crippen MR) is 110 cm³/mol. The molecule has 8 heteroatoms. The van der Waals surface area contributed by atoms with E-state index in [0.717, 1.165) is 36.2 Å². The standard InChI is InChI=1S/C22H22N6O2/c1-2-17(14-6-4-3-5-7-14)21(29)23-13-19-26-25-18-12-16(10-11-28(18)19)22-24-20(27-30-22)15-8-9-15/h3-7,10-12,15,17H,2,8-9,13H2,1H3,(H,23,29)/t17-/m1/s1. The molecule has 1 atom stereocenters. The molecule has 0 saturated heterocycles. The van der Waals surface area contributed by atoms with Crippen molar-refractivity contribution in [3.63, 3.8) is 0 Å². The number of pyridine rings is 1. The van der Waals surface area contributed by atoms with Gasteiger partial charge in [-0.15, -0.1) is 10.2 Å². The van der Waals surface area contributed by atoms with Gasteiger partial charge in [-0.25, -0.2) is 0 Å². The maximum atomic E-state index is 12.7. The van der Waals surface area contributed by atoms with Gasteiger partial charge in [0.2, 0.25) is 5.91 Å². The van der Waals surface area contributed by atoms with E-state index >= 15 is 0 Å². The van der Waals surface area contributed by atoms with E-state index in [4.69, 9.17) is 4.52 Å². The minimum atomic E-state index is -0.185. The molecule has 1 aliphatic carbocycles. The van der Waals surface area contributed by atoms with E-state index in [1.807, 2.05) is 60.0 Å². The number of hydrogen-bond donors (Lipinski definition) is 1. The Bertz CT molecular complexity index is 1180. The second-order valence-corrected chi connectivity index (χ2v) is 7.58. The van der Waals surface area contributed by atoms with Crippen LogP contribution in [0.3, 0.4) is 0 Å². The molecule has 30 heavy (non-hydrogen) atoms. The van der Waals surface area contributed by atoms with Crippen LogP contribution in [-0.4, -0.2) is 30.6 Å². The lowest BCUT2D eigenvalue weighted by molar-refractivity contribution is -0.122. The minimum Gasteiger partial charge on any atom is -0.348 e. The summed E-state index contributed by atoms with van der Waals surface area (Å²) in [5.41, 5.74) is 2.48. The molecule has 0 spiro atoms. The van der Waals surface area contributed by atoms with Crippen LogP contribution in [0.5, 0.6) is 0 Å². The molecule has 0 radical (unpaired) electrons. The van der Waals surface area contributed by atoms with E-state index in [0.29, 0.717) is 29.8 Å². The Kier molecular flexibility index (Phi) is 4.74. The van der Waals surface area contributed by atoms with Gasteiger partial charge < -0.3 is 9.84 Å². The highest BCUT2D eigenvalue weighted by Crippen LogP contribution is 2.38. The monoisotopic (exact) mass is 402 g/mol. The average Bonchev–Trinajstić information content (AvgIpc) is 3.37. The van der Waals surface area contributed by atoms with Crippen molar-refractivity contribution in [1.82, 2.24) is 30.1 Å². The van der Waals surface area contributed by atoms with Gasteiger partial charge in [-0.2, -0.15) is 4.98 Å².